The van der Waals surface area contributed by atoms with Gasteiger partial charge < -0.3 is 9.84 Å². The molecule has 2 rings (SSSR count). The Bertz CT molecular complexity index is 423. The highest BCUT2D eigenvalue weighted by Gasteiger charge is 1.96. The van der Waals surface area contributed by atoms with Gasteiger partial charge in [-0.1, -0.05) is 30.3 Å². The molecule has 0 saturated heterocycles. The Labute approximate surface area is 82.8 Å². The summed E-state index contributed by atoms with van der Waals surface area (Å²) in [6.45, 7) is 0.343. The third-order valence-electron chi connectivity index (χ3n) is 1.98. The number of rotatable bonds is 3. The third-order valence-corrected chi connectivity index (χ3v) is 1.98. The van der Waals surface area contributed by atoms with Crippen LogP contribution in [0.15, 0.2) is 36.4 Å². The number of benzene rings is 2. The van der Waals surface area contributed by atoms with Gasteiger partial charge in [0.15, 0.2) is 0 Å². The van der Waals surface area contributed by atoms with Crippen molar-refractivity contribution in [1.29, 1.82) is 0 Å². The average Bonchev–Trinajstić information content (AvgIpc) is 2.26. The lowest BCUT2D eigenvalue weighted by Crippen LogP contribution is -2.01. The molecule has 0 aliphatic carbocycles. The second-order valence-electron chi connectivity index (χ2n) is 2.98. The van der Waals surface area contributed by atoms with Crippen LogP contribution in [0.5, 0.6) is 5.75 Å². The second kappa shape index (κ2) is 4.11. The summed E-state index contributed by atoms with van der Waals surface area (Å²) >= 11 is 0. The van der Waals surface area contributed by atoms with Crippen LogP contribution < -0.4 is 4.74 Å². The number of aliphatic hydroxyl groups excluding tert-OH is 1. The van der Waals surface area contributed by atoms with Gasteiger partial charge in [0.1, 0.15) is 12.4 Å². The van der Waals surface area contributed by atoms with E-state index in [1.165, 1.54) is 0 Å². The highest BCUT2D eigenvalue weighted by atomic mass is 16.5. The SMILES string of the molecule is OCCOc1[c]c2ccccc2cc1. The molecule has 1 N–H and O–H groups in total. The topological polar surface area (TPSA) is 29.5 Å². The predicted octanol–water partition coefficient (Wildman–Crippen LogP) is 2.01. The third kappa shape index (κ3) is 1.86. The number of fused-ring (bicyclic) bond motifs is 1. The normalized spacial score (nSPS) is 10.4. The van der Waals surface area contributed by atoms with Gasteiger partial charge in [0.05, 0.1) is 6.61 Å². The first-order valence-electron chi connectivity index (χ1n) is 4.55. The molecule has 2 aromatic carbocycles. The first kappa shape index (κ1) is 9.03. The summed E-state index contributed by atoms with van der Waals surface area (Å²) in [5.41, 5.74) is 0. The van der Waals surface area contributed by atoms with Crippen LogP contribution >= 0.6 is 0 Å². The molecule has 0 amide bonds. The van der Waals surface area contributed by atoms with E-state index in [0.717, 1.165) is 10.8 Å². The molecule has 0 saturated carbocycles. The lowest BCUT2D eigenvalue weighted by atomic mass is 10.1. The van der Waals surface area contributed by atoms with Crippen LogP contribution in [0.4, 0.5) is 0 Å². The number of ether oxygens (including phenoxy) is 1. The Hall–Kier alpha value is -1.54. The van der Waals surface area contributed by atoms with Crippen molar-refractivity contribution in [2.45, 2.75) is 0 Å². The van der Waals surface area contributed by atoms with Gasteiger partial charge >= 0.3 is 0 Å². The van der Waals surface area contributed by atoms with E-state index in [1.807, 2.05) is 36.4 Å². The summed E-state index contributed by atoms with van der Waals surface area (Å²) in [7, 11) is 0. The Kier molecular flexibility index (Phi) is 2.65. The minimum absolute atomic E-state index is 0.0284. The van der Waals surface area contributed by atoms with E-state index in [0.29, 0.717) is 12.4 Å². The molecule has 0 spiro atoms. The molecule has 2 aromatic rings. The van der Waals surface area contributed by atoms with E-state index in [1.54, 1.807) is 0 Å². The second-order valence-corrected chi connectivity index (χ2v) is 2.98. The summed E-state index contributed by atoms with van der Waals surface area (Å²) < 4.78 is 5.26. The first-order valence-corrected chi connectivity index (χ1v) is 4.55. The lowest BCUT2D eigenvalue weighted by Gasteiger charge is -2.04. The highest BCUT2D eigenvalue weighted by Crippen LogP contribution is 2.19. The van der Waals surface area contributed by atoms with Crippen molar-refractivity contribution in [2.24, 2.45) is 0 Å². The molecule has 0 unspecified atom stereocenters. The molecule has 0 bridgehead atoms. The van der Waals surface area contributed by atoms with Gasteiger partial charge in [-0.05, 0) is 16.8 Å². The molecule has 2 nitrogen and oxygen atoms in total. The molecule has 0 aliphatic heterocycles. The summed E-state index contributed by atoms with van der Waals surface area (Å²) in [6, 6.07) is 14.9. The lowest BCUT2D eigenvalue weighted by molar-refractivity contribution is 0.201. The summed E-state index contributed by atoms with van der Waals surface area (Å²) in [5, 5.41) is 10.8. The van der Waals surface area contributed by atoms with Crippen LogP contribution in [0.25, 0.3) is 10.8 Å². The van der Waals surface area contributed by atoms with Crippen LogP contribution in [0, 0.1) is 6.07 Å². The Morgan fingerprint density at radius 2 is 2.00 bits per heavy atom. The molecular formula is C12H11O2. The first-order chi connectivity index (χ1) is 6.90. The molecule has 0 heterocycles. The average molecular weight is 187 g/mol. The van der Waals surface area contributed by atoms with Crippen molar-refractivity contribution in [3.05, 3.63) is 42.5 Å². The molecule has 1 radical (unpaired) electrons. The number of hydrogen-bond donors (Lipinski definition) is 1. The fourth-order valence-electron chi connectivity index (χ4n) is 1.34. The molecule has 0 fully saturated rings. The predicted molar refractivity (Wildman–Crippen MR) is 55.4 cm³/mol. The quantitative estimate of drug-likeness (QED) is 0.796. The van der Waals surface area contributed by atoms with Gasteiger partial charge in [-0.3, -0.25) is 0 Å². The molecule has 2 heteroatoms. The number of hydrogen-bond acceptors (Lipinski definition) is 2. The van der Waals surface area contributed by atoms with Gasteiger partial charge in [-0.2, -0.15) is 0 Å². The van der Waals surface area contributed by atoms with Crippen molar-refractivity contribution in [1.82, 2.24) is 0 Å². The van der Waals surface area contributed by atoms with Crippen molar-refractivity contribution >= 4 is 10.8 Å². The van der Waals surface area contributed by atoms with Gasteiger partial charge in [0.25, 0.3) is 0 Å². The molecule has 14 heavy (non-hydrogen) atoms. The fourth-order valence-corrected chi connectivity index (χ4v) is 1.34. The van der Waals surface area contributed by atoms with Crippen LogP contribution in [-0.4, -0.2) is 18.3 Å². The largest absolute Gasteiger partial charge is 0.491 e. The van der Waals surface area contributed by atoms with Crippen LogP contribution in [0.1, 0.15) is 0 Å². The zero-order chi connectivity index (χ0) is 9.80. The summed E-state index contributed by atoms with van der Waals surface area (Å²) in [6.07, 6.45) is 0. The fraction of sp³-hybridized carbons (Fsp3) is 0.167. The Balaban J connectivity index is 2.32. The van der Waals surface area contributed by atoms with E-state index < -0.39 is 0 Å². The standard InChI is InChI=1S/C12H11O2/c13-7-8-14-12-6-5-10-3-1-2-4-11(10)9-12/h1-6,13H,7-8H2. The summed E-state index contributed by atoms with van der Waals surface area (Å²) in [5.74, 6) is 0.678. The van der Waals surface area contributed by atoms with E-state index in [2.05, 4.69) is 6.07 Å². The molecule has 71 valence electrons. The maximum Gasteiger partial charge on any atom is 0.128 e. The zero-order valence-electron chi connectivity index (χ0n) is 7.73. The highest BCUT2D eigenvalue weighted by molar-refractivity contribution is 5.83. The van der Waals surface area contributed by atoms with E-state index in [-0.39, 0.29) is 6.61 Å². The maximum absolute atomic E-state index is 8.60. The molecular weight excluding hydrogens is 176 g/mol. The maximum atomic E-state index is 8.60. The van der Waals surface area contributed by atoms with Gasteiger partial charge in [0.2, 0.25) is 0 Å². The van der Waals surface area contributed by atoms with E-state index >= 15 is 0 Å². The van der Waals surface area contributed by atoms with Gasteiger partial charge in [-0.15, -0.1) is 0 Å². The number of aliphatic hydroxyl groups is 1. The van der Waals surface area contributed by atoms with Crippen LogP contribution in [0.2, 0.25) is 0 Å². The van der Waals surface area contributed by atoms with Crippen molar-refractivity contribution in [3.63, 3.8) is 0 Å². The van der Waals surface area contributed by atoms with E-state index in [4.69, 9.17) is 9.84 Å². The minimum Gasteiger partial charge on any atom is -0.491 e. The van der Waals surface area contributed by atoms with Crippen LogP contribution in [0.3, 0.4) is 0 Å². The zero-order valence-corrected chi connectivity index (χ0v) is 7.73. The monoisotopic (exact) mass is 187 g/mol. The van der Waals surface area contributed by atoms with Crippen LogP contribution in [-0.2, 0) is 0 Å². The van der Waals surface area contributed by atoms with Gasteiger partial charge in [0, 0.05) is 6.07 Å². The van der Waals surface area contributed by atoms with Crippen molar-refractivity contribution < 1.29 is 9.84 Å². The van der Waals surface area contributed by atoms with Crippen molar-refractivity contribution in [3.8, 4) is 5.75 Å². The minimum atomic E-state index is 0.0284. The van der Waals surface area contributed by atoms with E-state index in [9.17, 15) is 0 Å². The van der Waals surface area contributed by atoms with Crippen molar-refractivity contribution in [2.75, 3.05) is 13.2 Å². The molecule has 0 aliphatic rings. The molecule has 0 atom stereocenters. The summed E-state index contributed by atoms with van der Waals surface area (Å²) in [4.78, 5) is 0. The smallest absolute Gasteiger partial charge is 0.128 e. The molecule has 0 aromatic heterocycles. The Morgan fingerprint density at radius 3 is 2.86 bits per heavy atom. The Morgan fingerprint density at radius 1 is 1.14 bits per heavy atom. The van der Waals surface area contributed by atoms with Gasteiger partial charge in [-0.25, -0.2) is 0 Å².